The van der Waals surface area contributed by atoms with E-state index in [1.165, 1.54) is 18.2 Å². The first-order chi connectivity index (χ1) is 11.3. The lowest BCUT2D eigenvalue weighted by Gasteiger charge is -2.12. The number of hydrogen-bond acceptors (Lipinski definition) is 6. The van der Waals surface area contributed by atoms with Crippen LogP contribution in [0.1, 0.15) is 26.7 Å². The minimum atomic E-state index is -0.538. The van der Waals surface area contributed by atoms with Crippen LogP contribution in [-0.4, -0.2) is 35.6 Å². The van der Waals surface area contributed by atoms with Gasteiger partial charge in [0, 0.05) is 30.7 Å². The average Bonchev–Trinajstić information content (AvgIpc) is 2.85. The number of carbonyl (C=O) groups is 2. The topological polar surface area (TPSA) is 108 Å². The van der Waals surface area contributed by atoms with Gasteiger partial charge in [-0.2, -0.15) is 0 Å². The number of hydrogen-bond donors (Lipinski definition) is 1. The van der Waals surface area contributed by atoms with Crippen LogP contribution in [0.2, 0.25) is 0 Å². The van der Waals surface area contributed by atoms with Crippen molar-refractivity contribution in [1.29, 1.82) is 0 Å². The van der Waals surface area contributed by atoms with Crippen molar-refractivity contribution in [2.45, 2.75) is 38.9 Å². The molecule has 0 saturated carbocycles. The summed E-state index contributed by atoms with van der Waals surface area (Å²) in [4.78, 5) is 34.0. The molecule has 0 unspecified atom stereocenters. The number of non-ortho nitro benzene ring substituents is 1. The SMILES string of the molecule is CC(C)OC[C@H]1C[C@@H](CC(=O)Nc2cccc([N+](=O)[O-])c2)C(=O)O1. The zero-order valence-corrected chi connectivity index (χ0v) is 13.6. The zero-order chi connectivity index (χ0) is 17.7. The predicted molar refractivity (Wildman–Crippen MR) is 85.4 cm³/mol. The number of esters is 1. The molecule has 0 spiro atoms. The van der Waals surface area contributed by atoms with E-state index in [-0.39, 0.29) is 30.2 Å². The third-order valence-electron chi connectivity index (χ3n) is 3.55. The molecule has 1 heterocycles. The van der Waals surface area contributed by atoms with Crippen LogP contribution in [0.15, 0.2) is 24.3 Å². The molecule has 1 N–H and O–H groups in total. The van der Waals surface area contributed by atoms with Crippen LogP contribution in [-0.2, 0) is 19.1 Å². The molecule has 8 heteroatoms. The second kappa shape index (κ2) is 7.87. The van der Waals surface area contributed by atoms with Crippen molar-refractivity contribution in [3.63, 3.8) is 0 Å². The van der Waals surface area contributed by atoms with Crippen molar-refractivity contribution in [1.82, 2.24) is 0 Å². The maximum absolute atomic E-state index is 12.0. The van der Waals surface area contributed by atoms with Crippen LogP contribution in [0.25, 0.3) is 0 Å². The lowest BCUT2D eigenvalue weighted by Crippen LogP contribution is -2.19. The number of rotatable bonds is 7. The van der Waals surface area contributed by atoms with E-state index in [0.29, 0.717) is 18.7 Å². The number of nitro benzene ring substituents is 1. The first-order valence-electron chi connectivity index (χ1n) is 7.71. The molecule has 24 heavy (non-hydrogen) atoms. The van der Waals surface area contributed by atoms with Gasteiger partial charge in [0.1, 0.15) is 6.10 Å². The molecule has 0 radical (unpaired) electrons. The quantitative estimate of drug-likeness (QED) is 0.465. The molecule has 1 aromatic carbocycles. The smallest absolute Gasteiger partial charge is 0.309 e. The number of anilines is 1. The van der Waals surface area contributed by atoms with Crippen LogP contribution >= 0.6 is 0 Å². The number of carbonyl (C=O) groups excluding carboxylic acids is 2. The van der Waals surface area contributed by atoms with Gasteiger partial charge in [-0.3, -0.25) is 19.7 Å². The van der Waals surface area contributed by atoms with E-state index in [0.717, 1.165) is 0 Å². The van der Waals surface area contributed by atoms with Crippen LogP contribution in [0, 0.1) is 16.0 Å². The van der Waals surface area contributed by atoms with Crippen molar-refractivity contribution in [2.75, 3.05) is 11.9 Å². The lowest BCUT2D eigenvalue weighted by atomic mass is 10.0. The van der Waals surface area contributed by atoms with Crippen LogP contribution < -0.4 is 5.32 Å². The van der Waals surface area contributed by atoms with E-state index in [2.05, 4.69) is 5.32 Å². The van der Waals surface area contributed by atoms with Gasteiger partial charge in [0.15, 0.2) is 0 Å². The Morgan fingerprint density at radius 2 is 2.25 bits per heavy atom. The number of nitro groups is 1. The second-order valence-electron chi connectivity index (χ2n) is 5.93. The standard InChI is InChI=1S/C16H20N2O6/c1-10(2)23-9-14-6-11(16(20)24-14)7-15(19)17-12-4-3-5-13(8-12)18(21)22/h3-5,8,10-11,14H,6-7,9H2,1-2H3,(H,17,19)/t11-,14+/m0/s1. The van der Waals surface area contributed by atoms with E-state index >= 15 is 0 Å². The molecule has 1 aromatic rings. The van der Waals surface area contributed by atoms with Crippen LogP contribution in [0.3, 0.4) is 0 Å². The zero-order valence-electron chi connectivity index (χ0n) is 13.6. The number of ether oxygens (including phenoxy) is 2. The summed E-state index contributed by atoms with van der Waals surface area (Å²) in [6, 6.07) is 5.64. The summed E-state index contributed by atoms with van der Waals surface area (Å²) in [5.41, 5.74) is 0.208. The van der Waals surface area contributed by atoms with Crippen molar-refractivity contribution in [2.24, 2.45) is 5.92 Å². The summed E-state index contributed by atoms with van der Waals surface area (Å²) in [7, 11) is 0. The maximum Gasteiger partial charge on any atom is 0.309 e. The van der Waals surface area contributed by atoms with E-state index < -0.39 is 16.8 Å². The van der Waals surface area contributed by atoms with Crippen molar-refractivity contribution in [3.05, 3.63) is 34.4 Å². The first kappa shape index (κ1) is 17.9. The fraction of sp³-hybridized carbons (Fsp3) is 0.500. The monoisotopic (exact) mass is 336 g/mol. The molecule has 0 bridgehead atoms. The summed E-state index contributed by atoms with van der Waals surface area (Å²) >= 11 is 0. The average molecular weight is 336 g/mol. The number of amides is 1. The molecule has 0 aromatic heterocycles. The largest absolute Gasteiger partial charge is 0.460 e. The number of nitrogens with one attached hydrogen (secondary N) is 1. The van der Waals surface area contributed by atoms with Crippen molar-refractivity contribution < 1.29 is 24.0 Å². The normalized spacial score (nSPS) is 20.0. The highest BCUT2D eigenvalue weighted by molar-refractivity contribution is 5.93. The molecule has 8 nitrogen and oxygen atoms in total. The molecule has 130 valence electrons. The van der Waals surface area contributed by atoms with E-state index in [1.807, 2.05) is 13.8 Å². The van der Waals surface area contributed by atoms with Gasteiger partial charge >= 0.3 is 5.97 Å². The van der Waals surface area contributed by atoms with Crippen LogP contribution in [0.4, 0.5) is 11.4 Å². The predicted octanol–water partition coefficient (Wildman–Crippen LogP) is 2.28. The molecule has 0 aliphatic carbocycles. The molecule has 1 aliphatic rings. The van der Waals surface area contributed by atoms with Gasteiger partial charge < -0.3 is 14.8 Å². The highest BCUT2D eigenvalue weighted by Gasteiger charge is 2.36. The fourth-order valence-corrected chi connectivity index (χ4v) is 2.42. The van der Waals surface area contributed by atoms with Gasteiger partial charge in [0.2, 0.25) is 5.91 Å². The highest BCUT2D eigenvalue weighted by Crippen LogP contribution is 2.25. The maximum atomic E-state index is 12.0. The lowest BCUT2D eigenvalue weighted by molar-refractivity contribution is -0.384. The Kier molecular flexibility index (Phi) is 5.86. The molecular formula is C16H20N2O6. The Morgan fingerprint density at radius 3 is 2.92 bits per heavy atom. The minimum absolute atomic E-state index is 0.0281. The van der Waals surface area contributed by atoms with Gasteiger partial charge in [-0.05, 0) is 19.9 Å². The molecular weight excluding hydrogens is 316 g/mol. The van der Waals surface area contributed by atoms with Gasteiger partial charge in [-0.15, -0.1) is 0 Å². The van der Waals surface area contributed by atoms with Crippen LogP contribution in [0.5, 0.6) is 0 Å². The summed E-state index contributed by atoms with van der Waals surface area (Å²) in [5.74, 6) is -1.33. The number of cyclic esters (lactones) is 1. The Morgan fingerprint density at radius 1 is 1.50 bits per heavy atom. The van der Waals surface area contributed by atoms with Crippen molar-refractivity contribution in [3.8, 4) is 0 Å². The molecule has 2 atom stereocenters. The third-order valence-corrected chi connectivity index (χ3v) is 3.55. The van der Waals surface area contributed by atoms with E-state index in [4.69, 9.17) is 9.47 Å². The molecule has 2 rings (SSSR count). The van der Waals surface area contributed by atoms with Gasteiger partial charge in [-0.25, -0.2) is 0 Å². The molecule has 1 saturated heterocycles. The Hall–Kier alpha value is -2.48. The van der Waals surface area contributed by atoms with E-state index in [9.17, 15) is 19.7 Å². The molecule has 1 fully saturated rings. The summed E-state index contributed by atoms with van der Waals surface area (Å²) < 4.78 is 10.6. The van der Waals surface area contributed by atoms with Gasteiger partial charge in [0.25, 0.3) is 5.69 Å². The van der Waals surface area contributed by atoms with Gasteiger partial charge in [0.05, 0.1) is 23.6 Å². The third kappa shape index (κ3) is 5.02. The first-order valence-corrected chi connectivity index (χ1v) is 7.71. The summed E-state index contributed by atoms with van der Waals surface area (Å²) in [6.07, 6.45) is 0.101. The number of benzene rings is 1. The Balaban J connectivity index is 1.87. The second-order valence-corrected chi connectivity index (χ2v) is 5.93. The Bertz CT molecular complexity index is 631. The Labute approximate surface area is 139 Å². The van der Waals surface area contributed by atoms with Crippen molar-refractivity contribution >= 4 is 23.3 Å². The summed E-state index contributed by atoms with van der Waals surface area (Å²) in [6.45, 7) is 4.09. The molecule has 1 amide bonds. The fourth-order valence-electron chi connectivity index (χ4n) is 2.42. The van der Waals surface area contributed by atoms with E-state index in [1.54, 1.807) is 6.07 Å². The van der Waals surface area contributed by atoms with Gasteiger partial charge in [-0.1, -0.05) is 6.07 Å². The number of nitrogens with zero attached hydrogens (tertiary/aromatic N) is 1. The summed E-state index contributed by atoms with van der Waals surface area (Å²) in [5, 5.41) is 13.3. The highest BCUT2D eigenvalue weighted by atomic mass is 16.6. The minimum Gasteiger partial charge on any atom is -0.460 e. The molecule has 1 aliphatic heterocycles.